The first-order chi connectivity index (χ1) is 6.56. The summed E-state index contributed by atoms with van der Waals surface area (Å²) in [6.45, 7) is -0.198. The molecule has 0 aliphatic heterocycles. The Kier molecular flexibility index (Phi) is 3.56. The second-order valence-electron chi connectivity index (χ2n) is 2.75. The van der Waals surface area contributed by atoms with Crippen LogP contribution in [0.2, 0.25) is 0 Å². The lowest BCUT2D eigenvalue weighted by atomic mass is 10.1. The maximum Gasteiger partial charge on any atom is 0.270 e. The van der Waals surface area contributed by atoms with Crippen molar-refractivity contribution in [3.05, 3.63) is 38.3 Å². The van der Waals surface area contributed by atoms with Crippen LogP contribution in [0.1, 0.15) is 11.6 Å². The first-order valence-electron chi connectivity index (χ1n) is 3.86. The molecule has 0 bridgehead atoms. The maximum absolute atomic E-state index is 10.4. The Balaban J connectivity index is 3.07. The van der Waals surface area contributed by atoms with Gasteiger partial charge in [0.05, 0.1) is 17.6 Å². The zero-order chi connectivity index (χ0) is 10.7. The molecule has 0 aliphatic carbocycles. The number of hydrogen-bond acceptors (Lipinski definition) is 4. The fourth-order valence-corrected chi connectivity index (χ4v) is 1.69. The molecule has 0 aromatic heterocycles. The highest BCUT2D eigenvalue weighted by atomic mass is 79.9. The quantitative estimate of drug-likeness (QED) is 0.634. The predicted octanol–water partition coefficient (Wildman–Crippen LogP) is 1.35. The van der Waals surface area contributed by atoms with Crippen molar-refractivity contribution in [2.24, 2.45) is 5.73 Å². The van der Waals surface area contributed by atoms with Crippen molar-refractivity contribution in [3.63, 3.8) is 0 Å². The molecule has 1 unspecified atom stereocenters. The van der Waals surface area contributed by atoms with Crippen molar-refractivity contribution >= 4 is 21.6 Å². The highest BCUT2D eigenvalue weighted by Gasteiger charge is 2.13. The molecule has 0 fully saturated rings. The summed E-state index contributed by atoms with van der Waals surface area (Å²) in [7, 11) is 0. The Morgan fingerprint density at radius 1 is 1.64 bits per heavy atom. The molecular weight excluding hydrogens is 252 g/mol. The standard InChI is InChI=1S/C8H9BrN2O3/c9-7-3-5(11(13)14)1-2-6(7)8(10)4-12/h1-3,8,12H,4,10H2. The summed E-state index contributed by atoms with van der Waals surface area (Å²) in [6, 6.07) is 3.73. The van der Waals surface area contributed by atoms with E-state index in [2.05, 4.69) is 15.9 Å². The third-order valence-electron chi connectivity index (χ3n) is 1.79. The van der Waals surface area contributed by atoms with Gasteiger partial charge in [-0.1, -0.05) is 15.9 Å². The van der Waals surface area contributed by atoms with Crippen LogP contribution in [-0.2, 0) is 0 Å². The van der Waals surface area contributed by atoms with E-state index in [-0.39, 0.29) is 12.3 Å². The minimum atomic E-state index is -0.523. The number of rotatable bonds is 3. The molecule has 1 rings (SSSR count). The van der Waals surface area contributed by atoms with E-state index in [0.717, 1.165) is 0 Å². The first kappa shape index (κ1) is 11.1. The molecule has 76 valence electrons. The van der Waals surface area contributed by atoms with Crippen LogP contribution >= 0.6 is 15.9 Å². The summed E-state index contributed by atoms with van der Waals surface area (Å²) >= 11 is 3.16. The summed E-state index contributed by atoms with van der Waals surface area (Å²) in [5.74, 6) is 0. The van der Waals surface area contributed by atoms with Crippen LogP contribution in [-0.4, -0.2) is 16.6 Å². The van der Waals surface area contributed by atoms with Gasteiger partial charge in [0.25, 0.3) is 5.69 Å². The molecule has 1 aromatic rings. The Morgan fingerprint density at radius 3 is 2.71 bits per heavy atom. The third-order valence-corrected chi connectivity index (χ3v) is 2.48. The van der Waals surface area contributed by atoms with Crippen molar-refractivity contribution in [3.8, 4) is 0 Å². The SMILES string of the molecule is NC(CO)c1ccc([N+](=O)[O-])cc1Br. The molecule has 0 saturated heterocycles. The second-order valence-corrected chi connectivity index (χ2v) is 3.61. The molecule has 0 heterocycles. The van der Waals surface area contributed by atoms with E-state index in [9.17, 15) is 10.1 Å². The Labute approximate surface area is 88.8 Å². The number of aliphatic hydroxyl groups excluding tert-OH is 1. The molecule has 3 N–H and O–H groups in total. The number of nitro groups is 1. The van der Waals surface area contributed by atoms with E-state index in [1.54, 1.807) is 0 Å². The average molecular weight is 261 g/mol. The van der Waals surface area contributed by atoms with Crippen LogP contribution < -0.4 is 5.73 Å². The lowest BCUT2D eigenvalue weighted by Gasteiger charge is -2.09. The van der Waals surface area contributed by atoms with Crippen molar-refractivity contribution in [2.45, 2.75) is 6.04 Å². The molecule has 1 aromatic carbocycles. The van der Waals surface area contributed by atoms with Crippen molar-refractivity contribution in [1.29, 1.82) is 0 Å². The maximum atomic E-state index is 10.4. The topological polar surface area (TPSA) is 89.4 Å². The summed E-state index contributed by atoms with van der Waals surface area (Å²) in [5.41, 5.74) is 6.21. The Hall–Kier alpha value is -0.980. The van der Waals surface area contributed by atoms with E-state index < -0.39 is 11.0 Å². The van der Waals surface area contributed by atoms with Gasteiger partial charge < -0.3 is 10.8 Å². The zero-order valence-electron chi connectivity index (χ0n) is 7.18. The highest BCUT2D eigenvalue weighted by Crippen LogP contribution is 2.26. The van der Waals surface area contributed by atoms with Crippen LogP contribution in [0.3, 0.4) is 0 Å². The van der Waals surface area contributed by atoms with Crippen LogP contribution in [0.25, 0.3) is 0 Å². The number of aliphatic hydroxyl groups is 1. The number of halogens is 1. The van der Waals surface area contributed by atoms with Gasteiger partial charge in [-0.15, -0.1) is 0 Å². The lowest BCUT2D eigenvalue weighted by molar-refractivity contribution is -0.384. The van der Waals surface area contributed by atoms with Gasteiger partial charge in [0.1, 0.15) is 0 Å². The van der Waals surface area contributed by atoms with E-state index in [1.807, 2.05) is 0 Å². The summed E-state index contributed by atoms with van der Waals surface area (Å²) in [4.78, 5) is 9.92. The monoisotopic (exact) mass is 260 g/mol. The smallest absolute Gasteiger partial charge is 0.270 e. The Morgan fingerprint density at radius 2 is 2.29 bits per heavy atom. The number of nitrogens with zero attached hydrogens (tertiary/aromatic N) is 1. The van der Waals surface area contributed by atoms with Gasteiger partial charge in [-0.05, 0) is 11.6 Å². The number of hydrogen-bond donors (Lipinski definition) is 2. The van der Waals surface area contributed by atoms with Crippen LogP contribution in [0.15, 0.2) is 22.7 Å². The summed E-state index contributed by atoms with van der Waals surface area (Å²) in [5, 5.41) is 19.2. The normalized spacial score (nSPS) is 12.5. The fourth-order valence-electron chi connectivity index (χ4n) is 1.03. The highest BCUT2D eigenvalue weighted by molar-refractivity contribution is 9.10. The van der Waals surface area contributed by atoms with Crippen LogP contribution in [0, 0.1) is 10.1 Å². The molecular formula is C8H9BrN2O3. The zero-order valence-corrected chi connectivity index (χ0v) is 8.77. The first-order valence-corrected chi connectivity index (χ1v) is 4.66. The third kappa shape index (κ3) is 2.28. The van der Waals surface area contributed by atoms with Gasteiger partial charge in [0.15, 0.2) is 0 Å². The van der Waals surface area contributed by atoms with Gasteiger partial charge in [-0.3, -0.25) is 10.1 Å². The molecule has 1 atom stereocenters. The summed E-state index contributed by atoms with van der Waals surface area (Å²) < 4.78 is 0.535. The minimum absolute atomic E-state index is 0.00855. The molecule has 0 aliphatic rings. The second kappa shape index (κ2) is 4.50. The largest absolute Gasteiger partial charge is 0.394 e. The van der Waals surface area contributed by atoms with E-state index in [1.165, 1.54) is 18.2 Å². The summed E-state index contributed by atoms with van der Waals surface area (Å²) in [6.07, 6.45) is 0. The van der Waals surface area contributed by atoms with E-state index in [0.29, 0.717) is 10.0 Å². The molecule has 0 spiro atoms. The Bertz CT molecular complexity index is 356. The average Bonchev–Trinajstić information content (AvgIpc) is 2.16. The van der Waals surface area contributed by atoms with Gasteiger partial charge in [-0.2, -0.15) is 0 Å². The van der Waals surface area contributed by atoms with Crippen LogP contribution in [0.4, 0.5) is 5.69 Å². The fraction of sp³-hybridized carbons (Fsp3) is 0.250. The lowest BCUT2D eigenvalue weighted by Crippen LogP contribution is -2.14. The van der Waals surface area contributed by atoms with Gasteiger partial charge in [0.2, 0.25) is 0 Å². The molecule has 0 amide bonds. The van der Waals surface area contributed by atoms with E-state index >= 15 is 0 Å². The molecule has 14 heavy (non-hydrogen) atoms. The molecule has 0 radical (unpaired) electrons. The molecule has 6 heteroatoms. The minimum Gasteiger partial charge on any atom is -0.394 e. The van der Waals surface area contributed by atoms with Gasteiger partial charge in [0, 0.05) is 16.6 Å². The number of non-ortho nitro benzene ring substituents is 1. The van der Waals surface area contributed by atoms with Crippen LogP contribution in [0.5, 0.6) is 0 Å². The number of nitro benzene ring substituents is 1. The van der Waals surface area contributed by atoms with Crippen molar-refractivity contribution in [1.82, 2.24) is 0 Å². The van der Waals surface area contributed by atoms with E-state index in [4.69, 9.17) is 10.8 Å². The molecule has 5 nitrogen and oxygen atoms in total. The number of nitrogens with two attached hydrogens (primary N) is 1. The predicted molar refractivity (Wildman–Crippen MR) is 54.8 cm³/mol. The molecule has 0 saturated carbocycles. The van der Waals surface area contributed by atoms with Gasteiger partial charge >= 0.3 is 0 Å². The number of benzene rings is 1. The van der Waals surface area contributed by atoms with Crippen molar-refractivity contribution in [2.75, 3.05) is 6.61 Å². The van der Waals surface area contributed by atoms with Crippen molar-refractivity contribution < 1.29 is 10.0 Å². The van der Waals surface area contributed by atoms with Gasteiger partial charge in [-0.25, -0.2) is 0 Å².